The fourth-order valence-electron chi connectivity index (χ4n) is 2.33. The molecule has 0 radical (unpaired) electrons. The second-order valence-corrected chi connectivity index (χ2v) is 6.68. The Morgan fingerprint density at radius 1 is 1.14 bits per heavy atom. The summed E-state index contributed by atoms with van der Waals surface area (Å²) in [4.78, 5) is 13.8. The van der Waals surface area contributed by atoms with Crippen molar-refractivity contribution in [3.63, 3.8) is 0 Å². The fraction of sp³-hybridized carbons (Fsp3) is 0.353. The maximum absolute atomic E-state index is 11.1. The highest BCUT2D eigenvalue weighted by atomic mass is 32.1. The van der Waals surface area contributed by atoms with Gasteiger partial charge in [-0.2, -0.15) is 0 Å². The van der Waals surface area contributed by atoms with E-state index in [4.69, 9.17) is 0 Å². The molecule has 0 aliphatic carbocycles. The normalized spacial score (nSPS) is 13.7. The van der Waals surface area contributed by atoms with Gasteiger partial charge in [-0.3, -0.25) is 4.79 Å². The first kappa shape index (κ1) is 15.7. The number of hydrogen-bond donors (Lipinski definition) is 2. The summed E-state index contributed by atoms with van der Waals surface area (Å²) in [5.41, 5.74) is 2.01. The molecule has 0 fully saturated rings. The van der Waals surface area contributed by atoms with Crippen molar-refractivity contribution >= 4 is 22.9 Å². The second-order valence-electron chi connectivity index (χ2n) is 5.37. The van der Waals surface area contributed by atoms with Crippen molar-refractivity contribution in [1.82, 2.24) is 5.32 Å². The zero-order chi connectivity index (χ0) is 15.4. The van der Waals surface area contributed by atoms with Crippen molar-refractivity contribution < 1.29 is 4.79 Å². The summed E-state index contributed by atoms with van der Waals surface area (Å²) < 4.78 is 0. The monoisotopic (exact) mass is 302 g/mol. The van der Waals surface area contributed by atoms with Gasteiger partial charge in [-0.05, 0) is 50.6 Å². The first-order valence-corrected chi connectivity index (χ1v) is 7.97. The van der Waals surface area contributed by atoms with Gasteiger partial charge in [0.25, 0.3) is 0 Å². The highest BCUT2D eigenvalue weighted by Crippen LogP contribution is 2.26. The minimum atomic E-state index is -0.0461. The van der Waals surface area contributed by atoms with Crippen LogP contribution in [-0.2, 0) is 4.79 Å². The molecule has 3 nitrogen and oxygen atoms in total. The van der Waals surface area contributed by atoms with E-state index in [1.54, 1.807) is 0 Å². The largest absolute Gasteiger partial charge is 0.326 e. The predicted molar refractivity (Wildman–Crippen MR) is 89.8 cm³/mol. The molecule has 2 unspecified atom stereocenters. The average Bonchev–Trinajstić information content (AvgIpc) is 2.85. The maximum atomic E-state index is 11.1. The van der Waals surface area contributed by atoms with Crippen LogP contribution in [0.5, 0.6) is 0 Å². The van der Waals surface area contributed by atoms with E-state index in [0.717, 1.165) is 5.69 Å². The highest BCUT2D eigenvalue weighted by Gasteiger charge is 2.13. The van der Waals surface area contributed by atoms with Crippen LogP contribution >= 0.6 is 11.3 Å². The molecule has 0 aliphatic rings. The van der Waals surface area contributed by atoms with Crippen LogP contribution in [0.15, 0.2) is 36.4 Å². The number of hydrogen-bond acceptors (Lipinski definition) is 3. The molecule has 2 rings (SSSR count). The van der Waals surface area contributed by atoms with E-state index in [1.807, 2.05) is 29.5 Å². The molecule has 0 aliphatic heterocycles. The van der Waals surface area contributed by atoms with E-state index in [0.29, 0.717) is 6.04 Å². The smallest absolute Gasteiger partial charge is 0.221 e. The lowest BCUT2D eigenvalue weighted by molar-refractivity contribution is -0.114. The first-order chi connectivity index (χ1) is 9.95. The molecule has 0 spiro atoms. The Labute approximate surface area is 130 Å². The summed E-state index contributed by atoms with van der Waals surface area (Å²) >= 11 is 1.83. The number of amides is 1. The van der Waals surface area contributed by atoms with Crippen LogP contribution in [0.25, 0.3) is 0 Å². The van der Waals surface area contributed by atoms with E-state index in [1.165, 1.54) is 22.2 Å². The van der Waals surface area contributed by atoms with Crippen molar-refractivity contribution in [1.29, 1.82) is 0 Å². The summed E-state index contributed by atoms with van der Waals surface area (Å²) in [6.45, 7) is 7.97. The molecule has 2 atom stereocenters. The van der Waals surface area contributed by atoms with Crippen LogP contribution < -0.4 is 10.6 Å². The van der Waals surface area contributed by atoms with Gasteiger partial charge in [0.1, 0.15) is 0 Å². The van der Waals surface area contributed by atoms with E-state index in [9.17, 15) is 4.79 Å². The van der Waals surface area contributed by atoms with Gasteiger partial charge in [0.05, 0.1) is 0 Å². The van der Waals surface area contributed by atoms with Crippen molar-refractivity contribution in [2.24, 2.45) is 0 Å². The molecule has 1 aromatic heterocycles. The Balaban J connectivity index is 2.05. The van der Waals surface area contributed by atoms with Crippen LogP contribution in [0.1, 0.15) is 48.2 Å². The number of nitrogens with one attached hydrogen (secondary N) is 2. The van der Waals surface area contributed by atoms with Crippen LogP contribution in [0.4, 0.5) is 5.69 Å². The molecule has 0 saturated carbocycles. The molecule has 0 saturated heterocycles. The topological polar surface area (TPSA) is 41.1 Å². The summed E-state index contributed by atoms with van der Waals surface area (Å²) in [5, 5.41) is 6.43. The lowest BCUT2D eigenvalue weighted by Crippen LogP contribution is -2.22. The molecule has 112 valence electrons. The maximum Gasteiger partial charge on any atom is 0.221 e. The van der Waals surface area contributed by atoms with Gasteiger partial charge in [-0.1, -0.05) is 12.1 Å². The Kier molecular flexibility index (Phi) is 5.15. The molecule has 1 amide bonds. The third kappa shape index (κ3) is 4.41. The Bertz CT molecular complexity index is 621. The third-order valence-corrected chi connectivity index (χ3v) is 4.58. The van der Waals surface area contributed by atoms with Crippen molar-refractivity contribution in [2.75, 3.05) is 5.32 Å². The minimum Gasteiger partial charge on any atom is -0.326 e. The molecule has 1 heterocycles. The van der Waals surface area contributed by atoms with E-state index in [-0.39, 0.29) is 11.9 Å². The molecule has 2 N–H and O–H groups in total. The quantitative estimate of drug-likeness (QED) is 0.858. The molecular formula is C17H22N2OS. The number of thiophene rings is 1. The Hall–Kier alpha value is -1.65. The summed E-state index contributed by atoms with van der Waals surface area (Å²) in [7, 11) is 0. The number of carbonyl (C=O) groups excluding carboxylic acids is 1. The van der Waals surface area contributed by atoms with Gasteiger partial charge in [0.15, 0.2) is 0 Å². The Morgan fingerprint density at radius 3 is 2.52 bits per heavy atom. The van der Waals surface area contributed by atoms with Crippen LogP contribution in [0.2, 0.25) is 0 Å². The lowest BCUT2D eigenvalue weighted by atomic mass is 10.1. The van der Waals surface area contributed by atoms with Gasteiger partial charge >= 0.3 is 0 Å². The number of benzene rings is 1. The predicted octanol–water partition coefficient (Wildman–Crippen LogP) is 4.43. The second kappa shape index (κ2) is 6.87. The van der Waals surface area contributed by atoms with Crippen LogP contribution in [0, 0.1) is 6.92 Å². The van der Waals surface area contributed by atoms with Gasteiger partial charge in [-0.15, -0.1) is 11.3 Å². The van der Waals surface area contributed by atoms with E-state index >= 15 is 0 Å². The third-order valence-electron chi connectivity index (χ3n) is 3.39. The minimum absolute atomic E-state index is 0.0461. The zero-order valence-corrected chi connectivity index (χ0v) is 13.8. The number of carbonyl (C=O) groups is 1. The van der Waals surface area contributed by atoms with Gasteiger partial charge < -0.3 is 10.6 Å². The van der Waals surface area contributed by atoms with Crippen LogP contribution in [0.3, 0.4) is 0 Å². The zero-order valence-electron chi connectivity index (χ0n) is 12.9. The number of aryl methyl sites for hydroxylation is 1. The molecule has 21 heavy (non-hydrogen) atoms. The fourth-order valence-corrected chi connectivity index (χ4v) is 3.22. The summed E-state index contributed by atoms with van der Waals surface area (Å²) in [5.74, 6) is -0.0461. The van der Waals surface area contributed by atoms with Gasteiger partial charge in [-0.25, -0.2) is 0 Å². The van der Waals surface area contributed by atoms with Crippen LogP contribution in [-0.4, -0.2) is 5.91 Å². The first-order valence-electron chi connectivity index (χ1n) is 7.15. The van der Waals surface area contributed by atoms with Gasteiger partial charge in [0, 0.05) is 34.4 Å². The van der Waals surface area contributed by atoms with Crippen molar-refractivity contribution in [2.45, 2.75) is 39.8 Å². The van der Waals surface area contributed by atoms with E-state index < -0.39 is 0 Å². The molecule has 1 aromatic carbocycles. The van der Waals surface area contributed by atoms with Crippen molar-refractivity contribution in [3.05, 3.63) is 51.7 Å². The van der Waals surface area contributed by atoms with E-state index in [2.05, 4.69) is 49.6 Å². The SMILES string of the molecule is CC(=O)Nc1cccc(C(C)NC(C)c2ccc(C)s2)c1. The molecule has 4 heteroatoms. The molecule has 0 bridgehead atoms. The molecular weight excluding hydrogens is 280 g/mol. The molecule has 2 aromatic rings. The van der Waals surface area contributed by atoms with Crippen molar-refractivity contribution in [3.8, 4) is 0 Å². The lowest BCUT2D eigenvalue weighted by Gasteiger charge is -2.20. The number of anilines is 1. The Morgan fingerprint density at radius 2 is 1.90 bits per heavy atom. The van der Waals surface area contributed by atoms with Gasteiger partial charge in [0.2, 0.25) is 5.91 Å². The standard InChI is InChI=1S/C17H22N2OS/c1-11-8-9-17(21-11)13(3)18-12(2)15-6-5-7-16(10-15)19-14(4)20/h5-10,12-13,18H,1-4H3,(H,19,20). The number of rotatable bonds is 5. The summed E-state index contributed by atoms with van der Waals surface area (Å²) in [6.07, 6.45) is 0. The summed E-state index contributed by atoms with van der Waals surface area (Å²) in [6, 6.07) is 12.8. The highest BCUT2D eigenvalue weighted by molar-refractivity contribution is 7.12. The average molecular weight is 302 g/mol.